The van der Waals surface area contributed by atoms with Crippen molar-refractivity contribution in [3.05, 3.63) is 35.4 Å². The van der Waals surface area contributed by atoms with Crippen LogP contribution < -0.4 is 0 Å². The van der Waals surface area contributed by atoms with Crippen LogP contribution in [0.25, 0.3) is 0 Å². The maximum Gasteiger partial charge on any atom is 0.254 e. The van der Waals surface area contributed by atoms with Crippen molar-refractivity contribution in [2.75, 3.05) is 26.2 Å². The van der Waals surface area contributed by atoms with Gasteiger partial charge in [-0.3, -0.25) is 9.59 Å². The lowest BCUT2D eigenvalue weighted by Crippen LogP contribution is -2.52. The summed E-state index contributed by atoms with van der Waals surface area (Å²) in [5.74, 6) is -1.19. The highest BCUT2D eigenvalue weighted by atomic mass is 19.2. The minimum absolute atomic E-state index is 0.117. The van der Waals surface area contributed by atoms with E-state index in [-0.39, 0.29) is 23.3 Å². The lowest BCUT2D eigenvalue weighted by atomic mass is 9.79. The quantitative estimate of drug-likeness (QED) is 0.752. The molecule has 0 unspecified atom stereocenters. The predicted molar refractivity (Wildman–Crippen MR) is 104 cm³/mol. The number of unbranched alkanes of at least 4 members (excludes halogenated alkanes) is 1. The molecule has 1 saturated heterocycles. The number of rotatable bonds is 5. The highest BCUT2D eigenvalue weighted by Crippen LogP contribution is 2.33. The fraction of sp³-hybridized carbons (Fsp3) is 0.636. The number of hydrogen-bond acceptors (Lipinski definition) is 2. The van der Waals surface area contributed by atoms with Gasteiger partial charge in [0.05, 0.1) is 0 Å². The normalized spacial score (nSPS) is 23.0. The molecule has 0 spiro atoms. The number of piperazine rings is 1. The third kappa shape index (κ3) is 4.89. The summed E-state index contributed by atoms with van der Waals surface area (Å²) >= 11 is 0. The molecule has 0 aromatic heterocycles. The molecule has 0 atom stereocenters. The van der Waals surface area contributed by atoms with Crippen molar-refractivity contribution in [1.82, 2.24) is 9.80 Å². The molecule has 1 aromatic carbocycles. The maximum absolute atomic E-state index is 13.4. The Morgan fingerprint density at radius 1 is 0.964 bits per heavy atom. The van der Waals surface area contributed by atoms with Crippen LogP contribution in [0.5, 0.6) is 0 Å². The summed E-state index contributed by atoms with van der Waals surface area (Å²) < 4.78 is 26.4. The van der Waals surface area contributed by atoms with Gasteiger partial charge in [0.1, 0.15) is 0 Å². The van der Waals surface area contributed by atoms with Crippen molar-refractivity contribution in [2.24, 2.45) is 11.8 Å². The van der Waals surface area contributed by atoms with Gasteiger partial charge in [-0.05, 0) is 49.8 Å². The summed E-state index contributed by atoms with van der Waals surface area (Å²) in [6, 6.07) is 3.21. The molecule has 0 radical (unpaired) electrons. The Bertz CT molecular complexity index is 694. The summed E-state index contributed by atoms with van der Waals surface area (Å²) in [7, 11) is 0. The Kier molecular flexibility index (Phi) is 7.03. The Balaban J connectivity index is 1.47. The van der Waals surface area contributed by atoms with E-state index in [0.29, 0.717) is 26.2 Å². The van der Waals surface area contributed by atoms with Crippen LogP contribution in [-0.4, -0.2) is 47.8 Å². The number of benzene rings is 1. The Morgan fingerprint density at radius 3 is 2.21 bits per heavy atom. The van der Waals surface area contributed by atoms with Gasteiger partial charge in [-0.2, -0.15) is 0 Å². The summed E-state index contributed by atoms with van der Waals surface area (Å²) in [5, 5.41) is 0. The largest absolute Gasteiger partial charge is 0.339 e. The fourth-order valence-corrected chi connectivity index (χ4v) is 4.39. The highest BCUT2D eigenvalue weighted by molar-refractivity contribution is 5.94. The molecule has 1 aromatic rings. The van der Waals surface area contributed by atoms with Crippen molar-refractivity contribution >= 4 is 11.8 Å². The molecule has 2 amide bonds. The first kappa shape index (κ1) is 20.7. The van der Waals surface area contributed by atoms with Crippen LogP contribution in [0.1, 0.15) is 62.2 Å². The summed E-state index contributed by atoms with van der Waals surface area (Å²) in [6.45, 7) is 4.07. The standard InChI is InChI=1S/C22H30F2N2O2/c1-2-3-4-16-5-7-17(8-6-16)21(27)25-11-13-26(14-12-25)22(28)18-9-10-19(23)20(24)15-18/h9-10,15-17H,2-8,11-14H2,1H3. The zero-order valence-corrected chi connectivity index (χ0v) is 16.6. The molecular formula is C22H30F2N2O2. The molecule has 154 valence electrons. The van der Waals surface area contributed by atoms with Crippen molar-refractivity contribution in [3.63, 3.8) is 0 Å². The molecular weight excluding hydrogens is 362 g/mol. The molecule has 2 fully saturated rings. The van der Waals surface area contributed by atoms with Crippen molar-refractivity contribution in [1.29, 1.82) is 0 Å². The molecule has 1 saturated carbocycles. The molecule has 4 nitrogen and oxygen atoms in total. The van der Waals surface area contributed by atoms with E-state index in [2.05, 4.69) is 6.92 Å². The molecule has 0 N–H and O–H groups in total. The first-order valence-electron chi connectivity index (χ1n) is 10.5. The lowest BCUT2D eigenvalue weighted by Gasteiger charge is -2.38. The number of halogens is 2. The molecule has 2 aliphatic rings. The molecule has 3 rings (SSSR count). The summed E-state index contributed by atoms with van der Waals surface area (Å²) in [4.78, 5) is 28.8. The third-order valence-corrected chi connectivity index (χ3v) is 6.21. The number of hydrogen-bond donors (Lipinski definition) is 0. The van der Waals surface area contributed by atoms with Crippen molar-refractivity contribution in [2.45, 2.75) is 51.9 Å². The van der Waals surface area contributed by atoms with Crippen LogP contribution >= 0.6 is 0 Å². The predicted octanol–water partition coefficient (Wildman–Crippen LogP) is 4.25. The van der Waals surface area contributed by atoms with Gasteiger partial charge in [0.15, 0.2) is 11.6 Å². The second kappa shape index (κ2) is 9.48. The average Bonchev–Trinajstić information content (AvgIpc) is 2.73. The van der Waals surface area contributed by atoms with E-state index in [0.717, 1.165) is 43.7 Å². The second-order valence-electron chi connectivity index (χ2n) is 8.11. The molecule has 1 aliphatic heterocycles. The van der Waals surface area contributed by atoms with Gasteiger partial charge in [-0.25, -0.2) is 8.78 Å². The molecule has 28 heavy (non-hydrogen) atoms. The van der Waals surface area contributed by atoms with Gasteiger partial charge in [0, 0.05) is 37.7 Å². The number of carbonyl (C=O) groups excluding carboxylic acids is 2. The molecule has 1 aliphatic carbocycles. The van der Waals surface area contributed by atoms with Gasteiger partial charge < -0.3 is 9.80 Å². The first-order chi connectivity index (χ1) is 13.5. The van der Waals surface area contributed by atoms with Gasteiger partial charge >= 0.3 is 0 Å². The number of nitrogens with zero attached hydrogens (tertiary/aromatic N) is 2. The van der Waals surface area contributed by atoms with Crippen LogP contribution in [-0.2, 0) is 4.79 Å². The topological polar surface area (TPSA) is 40.6 Å². The monoisotopic (exact) mass is 392 g/mol. The van der Waals surface area contributed by atoms with E-state index in [9.17, 15) is 18.4 Å². The van der Waals surface area contributed by atoms with Crippen molar-refractivity contribution in [3.8, 4) is 0 Å². The van der Waals surface area contributed by atoms with Crippen LogP contribution in [0.3, 0.4) is 0 Å². The van der Waals surface area contributed by atoms with Gasteiger partial charge in [0.2, 0.25) is 5.91 Å². The van der Waals surface area contributed by atoms with Crippen LogP contribution in [0, 0.1) is 23.5 Å². The van der Waals surface area contributed by atoms with Gasteiger partial charge in [-0.1, -0.05) is 26.2 Å². The Hall–Kier alpha value is -1.98. The molecule has 0 bridgehead atoms. The zero-order valence-electron chi connectivity index (χ0n) is 16.6. The van der Waals surface area contributed by atoms with Gasteiger partial charge in [-0.15, -0.1) is 0 Å². The average molecular weight is 392 g/mol. The Morgan fingerprint density at radius 2 is 1.61 bits per heavy atom. The zero-order chi connectivity index (χ0) is 20.1. The van der Waals surface area contributed by atoms with E-state index >= 15 is 0 Å². The van der Waals surface area contributed by atoms with Gasteiger partial charge in [0.25, 0.3) is 5.91 Å². The number of amides is 2. The summed E-state index contributed by atoms with van der Waals surface area (Å²) in [5.41, 5.74) is 0.143. The van der Waals surface area contributed by atoms with Crippen LogP contribution in [0.15, 0.2) is 18.2 Å². The van der Waals surface area contributed by atoms with Crippen LogP contribution in [0.4, 0.5) is 8.78 Å². The maximum atomic E-state index is 13.4. The van der Waals surface area contributed by atoms with E-state index in [1.165, 1.54) is 25.3 Å². The second-order valence-corrected chi connectivity index (χ2v) is 8.11. The summed E-state index contributed by atoms with van der Waals surface area (Å²) in [6.07, 6.45) is 8.02. The first-order valence-corrected chi connectivity index (χ1v) is 10.5. The Labute approximate surface area is 165 Å². The minimum atomic E-state index is -1.02. The fourth-order valence-electron chi connectivity index (χ4n) is 4.39. The highest BCUT2D eigenvalue weighted by Gasteiger charge is 2.32. The van der Waals surface area contributed by atoms with Crippen molar-refractivity contribution < 1.29 is 18.4 Å². The SMILES string of the molecule is CCCCC1CCC(C(=O)N2CCN(C(=O)c3ccc(F)c(F)c3)CC2)CC1. The van der Waals surface area contributed by atoms with E-state index in [1.807, 2.05) is 4.90 Å². The number of carbonyl (C=O) groups is 2. The molecule has 6 heteroatoms. The minimum Gasteiger partial charge on any atom is -0.339 e. The van der Waals surface area contributed by atoms with E-state index in [1.54, 1.807) is 4.90 Å². The lowest BCUT2D eigenvalue weighted by molar-refractivity contribution is -0.138. The molecule has 1 heterocycles. The smallest absolute Gasteiger partial charge is 0.254 e. The van der Waals surface area contributed by atoms with E-state index in [4.69, 9.17) is 0 Å². The third-order valence-electron chi connectivity index (χ3n) is 6.21. The van der Waals surface area contributed by atoms with E-state index < -0.39 is 11.6 Å². The van der Waals surface area contributed by atoms with Crippen LogP contribution in [0.2, 0.25) is 0 Å².